The Morgan fingerprint density at radius 1 is 1.42 bits per heavy atom. The molecule has 1 aromatic rings. The van der Waals surface area contributed by atoms with Gasteiger partial charge < -0.3 is 10.4 Å². The highest BCUT2D eigenvalue weighted by molar-refractivity contribution is 6.32. The molecule has 1 heterocycles. The minimum atomic E-state index is -4.44. The summed E-state index contributed by atoms with van der Waals surface area (Å²) in [5.74, 6) is 0.547. The van der Waals surface area contributed by atoms with Gasteiger partial charge in [0.05, 0.1) is 16.7 Å². The van der Waals surface area contributed by atoms with E-state index in [0.717, 1.165) is 25.1 Å². The summed E-state index contributed by atoms with van der Waals surface area (Å²) in [7, 11) is 0. The number of alkyl halides is 3. The van der Waals surface area contributed by atoms with Crippen LogP contribution in [0.1, 0.15) is 24.8 Å². The Morgan fingerprint density at radius 3 is 2.68 bits per heavy atom. The van der Waals surface area contributed by atoms with E-state index in [-0.39, 0.29) is 16.9 Å². The zero-order valence-corrected chi connectivity index (χ0v) is 10.8. The predicted octanol–water partition coefficient (Wildman–Crippen LogP) is 3.33. The summed E-state index contributed by atoms with van der Waals surface area (Å²) in [5, 5.41) is 12.3. The third-order valence-electron chi connectivity index (χ3n) is 3.24. The molecule has 1 fully saturated rings. The topological polar surface area (TPSA) is 45.1 Å². The first-order chi connectivity index (χ1) is 8.86. The average molecular weight is 295 g/mol. The van der Waals surface area contributed by atoms with Gasteiger partial charge in [-0.2, -0.15) is 13.2 Å². The number of nitrogens with zero attached hydrogens (tertiary/aromatic N) is 1. The van der Waals surface area contributed by atoms with Crippen LogP contribution in [0.15, 0.2) is 12.3 Å². The second-order valence-corrected chi connectivity index (χ2v) is 5.17. The van der Waals surface area contributed by atoms with Crippen LogP contribution in [0, 0.1) is 5.92 Å². The fourth-order valence-electron chi connectivity index (χ4n) is 2.20. The van der Waals surface area contributed by atoms with Crippen molar-refractivity contribution >= 4 is 17.4 Å². The van der Waals surface area contributed by atoms with E-state index < -0.39 is 11.7 Å². The van der Waals surface area contributed by atoms with Gasteiger partial charge in [-0.3, -0.25) is 0 Å². The third kappa shape index (κ3) is 3.73. The molecule has 0 radical (unpaired) electrons. The predicted molar refractivity (Wildman–Crippen MR) is 66.1 cm³/mol. The Kier molecular flexibility index (Phi) is 4.20. The van der Waals surface area contributed by atoms with Crippen LogP contribution in [0.5, 0.6) is 0 Å². The number of hydrogen-bond acceptors (Lipinski definition) is 3. The molecule has 0 bridgehead atoms. The molecule has 1 aliphatic rings. The van der Waals surface area contributed by atoms with Gasteiger partial charge in [0, 0.05) is 12.7 Å². The van der Waals surface area contributed by atoms with E-state index in [1.54, 1.807) is 0 Å². The van der Waals surface area contributed by atoms with Crippen LogP contribution >= 0.6 is 11.6 Å². The number of halogens is 4. The van der Waals surface area contributed by atoms with E-state index in [1.165, 1.54) is 0 Å². The summed E-state index contributed by atoms with van der Waals surface area (Å²) in [6.07, 6.45) is -1.59. The molecule has 106 valence electrons. The molecule has 2 atom stereocenters. The van der Waals surface area contributed by atoms with Crippen LogP contribution in [0.4, 0.5) is 19.0 Å². The van der Waals surface area contributed by atoms with Crippen molar-refractivity contribution in [1.82, 2.24) is 4.98 Å². The minimum absolute atomic E-state index is 0.0478. The van der Waals surface area contributed by atoms with Crippen molar-refractivity contribution in [2.24, 2.45) is 5.92 Å². The van der Waals surface area contributed by atoms with E-state index >= 15 is 0 Å². The van der Waals surface area contributed by atoms with Gasteiger partial charge in [0.15, 0.2) is 0 Å². The molecule has 0 aliphatic heterocycles. The second kappa shape index (κ2) is 5.54. The van der Waals surface area contributed by atoms with Gasteiger partial charge in [0.1, 0.15) is 5.82 Å². The van der Waals surface area contributed by atoms with Crippen LogP contribution in [-0.2, 0) is 6.18 Å². The summed E-state index contributed by atoms with van der Waals surface area (Å²) >= 11 is 5.78. The fourth-order valence-corrected chi connectivity index (χ4v) is 2.43. The van der Waals surface area contributed by atoms with Crippen molar-refractivity contribution in [3.8, 4) is 0 Å². The lowest BCUT2D eigenvalue weighted by molar-refractivity contribution is -0.137. The third-order valence-corrected chi connectivity index (χ3v) is 3.53. The van der Waals surface area contributed by atoms with Gasteiger partial charge >= 0.3 is 6.18 Å². The molecule has 0 saturated heterocycles. The molecule has 2 unspecified atom stereocenters. The Labute approximate surface area is 113 Å². The zero-order chi connectivity index (χ0) is 14.0. The molecule has 2 N–H and O–H groups in total. The van der Waals surface area contributed by atoms with E-state index in [4.69, 9.17) is 11.6 Å². The first kappa shape index (κ1) is 14.4. The van der Waals surface area contributed by atoms with E-state index in [1.807, 2.05) is 0 Å². The molecular formula is C12H14ClF3N2O. The Bertz CT molecular complexity index is 453. The Balaban J connectivity index is 1.98. The van der Waals surface area contributed by atoms with E-state index in [0.29, 0.717) is 18.9 Å². The van der Waals surface area contributed by atoms with Gasteiger partial charge in [-0.1, -0.05) is 11.6 Å². The van der Waals surface area contributed by atoms with Gasteiger partial charge in [-0.05, 0) is 31.2 Å². The van der Waals surface area contributed by atoms with Gasteiger partial charge in [0.2, 0.25) is 0 Å². The molecule has 1 aromatic heterocycles. The molecule has 1 aliphatic carbocycles. The zero-order valence-electron chi connectivity index (χ0n) is 10.0. The van der Waals surface area contributed by atoms with Crippen LogP contribution in [0.25, 0.3) is 0 Å². The summed E-state index contributed by atoms with van der Waals surface area (Å²) in [6, 6.07) is 0.861. The van der Waals surface area contributed by atoms with Gasteiger partial charge in [0.25, 0.3) is 0 Å². The SMILES string of the molecule is OC1CCC(CNc2ncc(C(F)(F)F)cc2Cl)C1. The highest BCUT2D eigenvalue weighted by Gasteiger charge is 2.31. The first-order valence-corrected chi connectivity index (χ1v) is 6.38. The summed E-state index contributed by atoms with van der Waals surface area (Å²) < 4.78 is 37.3. The number of nitrogens with one attached hydrogen (secondary N) is 1. The van der Waals surface area contributed by atoms with Crippen LogP contribution in [-0.4, -0.2) is 22.7 Å². The molecule has 19 heavy (non-hydrogen) atoms. The smallest absolute Gasteiger partial charge is 0.393 e. The average Bonchev–Trinajstić information content (AvgIpc) is 2.72. The Morgan fingerprint density at radius 2 is 2.16 bits per heavy atom. The highest BCUT2D eigenvalue weighted by atomic mass is 35.5. The van der Waals surface area contributed by atoms with Crippen molar-refractivity contribution in [3.05, 3.63) is 22.8 Å². The fraction of sp³-hybridized carbons (Fsp3) is 0.583. The number of rotatable bonds is 3. The van der Waals surface area contributed by atoms with Crippen LogP contribution < -0.4 is 5.32 Å². The maximum Gasteiger partial charge on any atom is 0.417 e. The molecule has 3 nitrogen and oxygen atoms in total. The summed E-state index contributed by atoms with van der Waals surface area (Å²) in [5.41, 5.74) is -0.862. The van der Waals surface area contributed by atoms with Crippen molar-refractivity contribution in [2.75, 3.05) is 11.9 Å². The van der Waals surface area contributed by atoms with E-state index in [9.17, 15) is 18.3 Å². The normalized spacial score (nSPS) is 23.6. The van der Waals surface area contributed by atoms with Gasteiger partial charge in [-0.15, -0.1) is 0 Å². The van der Waals surface area contributed by atoms with Crippen molar-refractivity contribution < 1.29 is 18.3 Å². The number of aliphatic hydroxyl groups excluding tert-OH is 1. The van der Waals surface area contributed by atoms with E-state index in [2.05, 4.69) is 10.3 Å². The quantitative estimate of drug-likeness (QED) is 0.899. The number of hydrogen-bond donors (Lipinski definition) is 2. The second-order valence-electron chi connectivity index (χ2n) is 4.77. The van der Waals surface area contributed by atoms with Gasteiger partial charge in [-0.25, -0.2) is 4.98 Å². The maximum absolute atomic E-state index is 12.4. The molecule has 1 saturated carbocycles. The lowest BCUT2D eigenvalue weighted by Gasteiger charge is -2.13. The molecule has 0 aromatic carbocycles. The van der Waals surface area contributed by atoms with Crippen LogP contribution in [0.2, 0.25) is 5.02 Å². The Hall–Kier alpha value is -1.01. The number of aromatic nitrogens is 1. The largest absolute Gasteiger partial charge is 0.417 e. The van der Waals surface area contributed by atoms with Crippen molar-refractivity contribution in [3.63, 3.8) is 0 Å². The molecule has 7 heteroatoms. The number of anilines is 1. The van der Waals surface area contributed by atoms with Crippen molar-refractivity contribution in [2.45, 2.75) is 31.5 Å². The molecule has 0 spiro atoms. The number of pyridine rings is 1. The highest BCUT2D eigenvalue weighted by Crippen LogP contribution is 2.33. The summed E-state index contributed by atoms with van der Waals surface area (Å²) in [6.45, 7) is 0.551. The molecular weight excluding hydrogens is 281 g/mol. The minimum Gasteiger partial charge on any atom is -0.393 e. The first-order valence-electron chi connectivity index (χ1n) is 6.01. The molecule has 0 amide bonds. The number of aliphatic hydroxyl groups is 1. The van der Waals surface area contributed by atoms with Crippen molar-refractivity contribution in [1.29, 1.82) is 0 Å². The molecule has 2 rings (SSSR count). The lowest BCUT2D eigenvalue weighted by atomic mass is 10.1. The standard InChI is InChI=1S/C12H14ClF3N2O/c13-10-4-8(12(14,15)16)6-18-11(10)17-5-7-1-2-9(19)3-7/h4,6-7,9,19H,1-3,5H2,(H,17,18). The summed E-state index contributed by atoms with van der Waals surface area (Å²) in [4.78, 5) is 3.70. The monoisotopic (exact) mass is 294 g/mol. The maximum atomic E-state index is 12.4. The van der Waals surface area contributed by atoms with Crippen LogP contribution in [0.3, 0.4) is 0 Å². The lowest BCUT2D eigenvalue weighted by Crippen LogP contribution is -2.14.